The topological polar surface area (TPSA) is 39.9 Å². The SMILES string of the molecule is c1ccc(Cn2cc(Oc3ccccn3)cn2)cc1. The van der Waals surface area contributed by atoms with E-state index in [1.54, 1.807) is 12.4 Å². The molecule has 0 saturated carbocycles. The smallest absolute Gasteiger partial charge is 0.219 e. The van der Waals surface area contributed by atoms with E-state index in [9.17, 15) is 0 Å². The lowest BCUT2D eigenvalue weighted by Crippen LogP contribution is -1.99. The molecule has 3 aromatic rings. The maximum absolute atomic E-state index is 5.60. The zero-order valence-corrected chi connectivity index (χ0v) is 10.3. The Kier molecular flexibility index (Phi) is 3.23. The molecule has 4 heteroatoms. The van der Waals surface area contributed by atoms with Gasteiger partial charge in [-0.1, -0.05) is 36.4 Å². The van der Waals surface area contributed by atoms with Gasteiger partial charge in [-0.25, -0.2) is 4.98 Å². The second-order valence-electron chi connectivity index (χ2n) is 4.13. The molecule has 2 aromatic heterocycles. The molecule has 0 radical (unpaired) electrons. The van der Waals surface area contributed by atoms with Crippen LogP contribution in [0.3, 0.4) is 0 Å². The Balaban J connectivity index is 1.70. The molecule has 0 bridgehead atoms. The molecular formula is C15H13N3O. The highest BCUT2D eigenvalue weighted by Crippen LogP contribution is 2.17. The molecule has 4 nitrogen and oxygen atoms in total. The van der Waals surface area contributed by atoms with Crippen LogP contribution in [0, 0.1) is 0 Å². The molecule has 3 rings (SSSR count). The Bertz CT molecular complexity index is 579. The van der Waals surface area contributed by atoms with Gasteiger partial charge in [0.2, 0.25) is 5.88 Å². The fraction of sp³-hybridized carbons (Fsp3) is 0.0667. The minimum atomic E-state index is 0.571. The zero-order valence-electron chi connectivity index (χ0n) is 10.3. The predicted octanol–water partition coefficient (Wildman–Crippen LogP) is 3.12. The van der Waals surface area contributed by atoms with Gasteiger partial charge in [0.25, 0.3) is 0 Å². The third kappa shape index (κ3) is 2.98. The lowest BCUT2D eigenvalue weighted by Gasteiger charge is -2.01. The van der Waals surface area contributed by atoms with Gasteiger partial charge in [0.1, 0.15) is 0 Å². The molecule has 0 aliphatic carbocycles. The number of pyridine rings is 1. The van der Waals surface area contributed by atoms with Crippen molar-refractivity contribution in [1.29, 1.82) is 0 Å². The molecular weight excluding hydrogens is 238 g/mol. The summed E-state index contributed by atoms with van der Waals surface area (Å²) in [5.74, 6) is 1.26. The van der Waals surface area contributed by atoms with E-state index in [0.717, 1.165) is 6.54 Å². The molecule has 0 atom stereocenters. The molecule has 0 unspecified atom stereocenters. The summed E-state index contributed by atoms with van der Waals surface area (Å²) in [6, 6.07) is 15.7. The van der Waals surface area contributed by atoms with Crippen molar-refractivity contribution in [2.24, 2.45) is 0 Å². The molecule has 2 heterocycles. The first-order valence-corrected chi connectivity index (χ1v) is 6.05. The molecule has 1 aromatic carbocycles. The van der Waals surface area contributed by atoms with Crippen molar-refractivity contribution in [2.75, 3.05) is 0 Å². The van der Waals surface area contributed by atoms with Crippen LogP contribution in [-0.4, -0.2) is 14.8 Å². The monoisotopic (exact) mass is 251 g/mol. The van der Waals surface area contributed by atoms with E-state index in [1.807, 2.05) is 47.3 Å². The summed E-state index contributed by atoms with van der Waals surface area (Å²) in [7, 11) is 0. The Labute approximate surface area is 111 Å². The van der Waals surface area contributed by atoms with E-state index in [0.29, 0.717) is 11.6 Å². The van der Waals surface area contributed by atoms with Gasteiger partial charge in [0.15, 0.2) is 5.75 Å². The van der Waals surface area contributed by atoms with E-state index < -0.39 is 0 Å². The quantitative estimate of drug-likeness (QED) is 0.715. The summed E-state index contributed by atoms with van der Waals surface area (Å²) in [6.45, 7) is 0.729. The molecule has 0 saturated heterocycles. The van der Waals surface area contributed by atoms with Crippen molar-refractivity contribution in [1.82, 2.24) is 14.8 Å². The summed E-state index contributed by atoms with van der Waals surface area (Å²) in [6.07, 6.45) is 5.25. The van der Waals surface area contributed by atoms with Crippen LogP contribution in [-0.2, 0) is 6.54 Å². The number of aromatic nitrogens is 3. The fourth-order valence-corrected chi connectivity index (χ4v) is 1.78. The van der Waals surface area contributed by atoms with Crippen molar-refractivity contribution in [3.8, 4) is 11.6 Å². The first-order chi connectivity index (χ1) is 9.40. The Hall–Kier alpha value is -2.62. The average Bonchev–Trinajstić information content (AvgIpc) is 2.88. The second-order valence-corrected chi connectivity index (χ2v) is 4.13. The molecule has 19 heavy (non-hydrogen) atoms. The van der Waals surface area contributed by atoms with Gasteiger partial charge in [-0.3, -0.25) is 4.68 Å². The third-order valence-electron chi connectivity index (χ3n) is 2.66. The van der Waals surface area contributed by atoms with Crippen LogP contribution in [0.15, 0.2) is 67.1 Å². The molecule has 0 amide bonds. The van der Waals surface area contributed by atoms with Crippen molar-refractivity contribution in [3.05, 3.63) is 72.7 Å². The van der Waals surface area contributed by atoms with E-state index >= 15 is 0 Å². The van der Waals surface area contributed by atoms with Crippen LogP contribution in [0.25, 0.3) is 0 Å². The highest BCUT2D eigenvalue weighted by Gasteiger charge is 2.02. The standard InChI is InChI=1S/C15H13N3O/c1-2-6-13(7-3-1)11-18-12-14(10-17-18)19-15-8-4-5-9-16-15/h1-10,12H,11H2. The average molecular weight is 251 g/mol. The van der Waals surface area contributed by atoms with E-state index in [2.05, 4.69) is 22.2 Å². The van der Waals surface area contributed by atoms with Gasteiger partial charge in [0, 0.05) is 12.3 Å². The molecule has 0 spiro atoms. The Morgan fingerprint density at radius 3 is 2.63 bits per heavy atom. The summed E-state index contributed by atoms with van der Waals surface area (Å²) in [4.78, 5) is 4.11. The first-order valence-electron chi connectivity index (χ1n) is 6.05. The van der Waals surface area contributed by atoms with Crippen LogP contribution in [0.5, 0.6) is 11.6 Å². The highest BCUT2D eigenvalue weighted by atomic mass is 16.5. The van der Waals surface area contributed by atoms with E-state index in [-0.39, 0.29) is 0 Å². The zero-order chi connectivity index (χ0) is 12.9. The normalized spacial score (nSPS) is 10.3. The molecule has 0 aliphatic heterocycles. The van der Waals surface area contributed by atoms with Crippen LogP contribution in [0.2, 0.25) is 0 Å². The van der Waals surface area contributed by atoms with Crippen LogP contribution >= 0.6 is 0 Å². The van der Waals surface area contributed by atoms with Crippen molar-refractivity contribution >= 4 is 0 Å². The van der Waals surface area contributed by atoms with E-state index in [1.165, 1.54) is 5.56 Å². The van der Waals surface area contributed by atoms with Gasteiger partial charge >= 0.3 is 0 Å². The fourth-order valence-electron chi connectivity index (χ4n) is 1.78. The number of hydrogen-bond donors (Lipinski definition) is 0. The maximum Gasteiger partial charge on any atom is 0.219 e. The van der Waals surface area contributed by atoms with Gasteiger partial charge in [-0.05, 0) is 11.6 Å². The second kappa shape index (κ2) is 5.35. The van der Waals surface area contributed by atoms with E-state index in [4.69, 9.17) is 4.74 Å². The largest absolute Gasteiger partial charge is 0.436 e. The predicted molar refractivity (Wildman–Crippen MR) is 72.1 cm³/mol. The number of hydrogen-bond acceptors (Lipinski definition) is 3. The molecule has 0 fully saturated rings. The van der Waals surface area contributed by atoms with Gasteiger partial charge in [-0.15, -0.1) is 0 Å². The van der Waals surface area contributed by atoms with Crippen LogP contribution in [0.1, 0.15) is 5.56 Å². The van der Waals surface area contributed by atoms with Crippen LogP contribution in [0.4, 0.5) is 0 Å². The molecule has 94 valence electrons. The number of nitrogens with zero attached hydrogens (tertiary/aromatic N) is 3. The first kappa shape index (κ1) is 11.5. The lowest BCUT2D eigenvalue weighted by atomic mass is 10.2. The summed E-state index contributed by atoms with van der Waals surface area (Å²) in [5, 5.41) is 4.27. The van der Waals surface area contributed by atoms with Gasteiger partial charge < -0.3 is 4.74 Å². The van der Waals surface area contributed by atoms with Crippen LogP contribution < -0.4 is 4.74 Å². The summed E-state index contributed by atoms with van der Waals surface area (Å²) in [5.41, 5.74) is 1.20. The van der Waals surface area contributed by atoms with Gasteiger partial charge in [0.05, 0.1) is 18.9 Å². The highest BCUT2D eigenvalue weighted by molar-refractivity contribution is 5.22. The summed E-state index contributed by atoms with van der Waals surface area (Å²) < 4.78 is 7.44. The minimum absolute atomic E-state index is 0.571. The third-order valence-corrected chi connectivity index (χ3v) is 2.66. The molecule has 0 aliphatic rings. The van der Waals surface area contributed by atoms with Crippen molar-refractivity contribution in [3.63, 3.8) is 0 Å². The van der Waals surface area contributed by atoms with Crippen molar-refractivity contribution in [2.45, 2.75) is 6.54 Å². The van der Waals surface area contributed by atoms with Gasteiger partial charge in [-0.2, -0.15) is 5.10 Å². The minimum Gasteiger partial charge on any atom is -0.436 e. The maximum atomic E-state index is 5.60. The number of ether oxygens (including phenoxy) is 1. The number of rotatable bonds is 4. The lowest BCUT2D eigenvalue weighted by molar-refractivity contribution is 0.462. The number of benzene rings is 1. The Morgan fingerprint density at radius 2 is 1.84 bits per heavy atom. The van der Waals surface area contributed by atoms with Crippen molar-refractivity contribution < 1.29 is 4.74 Å². The summed E-state index contributed by atoms with van der Waals surface area (Å²) >= 11 is 0. The molecule has 0 N–H and O–H groups in total. The Morgan fingerprint density at radius 1 is 1.00 bits per heavy atom.